The Morgan fingerprint density at radius 1 is 1.36 bits per heavy atom. The zero-order chi connectivity index (χ0) is 10.0. The maximum absolute atomic E-state index is 11.0. The molecular formula is C8H5BrKNO3. The van der Waals surface area contributed by atoms with Gasteiger partial charge in [0, 0.05) is 15.7 Å². The molecule has 2 N–H and O–H groups in total. The molecule has 0 heterocycles. The topological polar surface area (TPSA) is 83.2 Å². The Morgan fingerprint density at radius 2 is 1.93 bits per heavy atom. The summed E-state index contributed by atoms with van der Waals surface area (Å²) in [4.78, 5) is 21.2. The first kappa shape index (κ1) is 14.3. The van der Waals surface area contributed by atoms with Gasteiger partial charge in [-0.05, 0) is 18.2 Å². The van der Waals surface area contributed by atoms with Crippen molar-refractivity contribution in [1.82, 2.24) is 0 Å². The van der Waals surface area contributed by atoms with E-state index in [2.05, 4.69) is 15.9 Å². The molecule has 14 heavy (non-hydrogen) atoms. The van der Waals surface area contributed by atoms with Gasteiger partial charge in [-0.1, -0.05) is 15.9 Å². The molecule has 0 aromatic heterocycles. The summed E-state index contributed by atoms with van der Waals surface area (Å²) in [7, 11) is 0. The number of anilines is 1. The van der Waals surface area contributed by atoms with Crippen molar-refractivity contribution in [2.45, 2.75) is 0 Å². The summed E-state index contributed by atoms with van der Waals surface area (Å²) >= 11 is 3.09. The van der Waals surface area contributed by atoms with Crippen LogP contribution in [0.4, 0.5) is 5.69 Å². The van der Waals surface area contributed by atoms with E-state index in [1.807, 2.05) is 0 Å². The average Bonchev–Trinajstić information content (AvgIpc) is 2.08. The number of Topliss-reactive ketones (excluding diaryl/α,β-unsaturated/α-hetero) is 1. The predicted molar refractivity (Wildman–Crippen MR) is 47.9 cm³/mol. The molecule has 0 atom stereocenters. The van der Waals surface area contributed by atoms with Gasteiger partial charge in [0.2, 0.25) is 5.78 Å². The molecule has 6 heteroatoms. The van der Waals surface area contributed by atoms with Crippen LogP contribution in [0.5, 0.6) is 0 Å². The number of hydrogen-bond donors (Lipinski definition) is 1. The maximum Gasteiger partial charge on any atom is 1.00 e. The maximum atomic E-state index is 11.0. The molecule has 0 aliphatic rings. The number of aliphatic carboxylic acids is 1. The van der Waals surface area contributed by atoms with Crippen molar-refractivity contribution in [3.63, 3.8) is 0 Å². The van der Waals surface area contributed by atoms with Gasteiger partial charge >= 0.3 is 51.4 Å². The SMILES string of the molecule is Nc1ccc(Br)cc1C(=O)C(=O)[O-].[K+]. The summed E-state index contributed by atoms with van der Waals surface area (Å²) in [5.74, 6) is -2.87. The monoisotopic (exact) mass is 281 g/mol. The number of carboxylic acids is 1. The number of benzene rings is 1. The average molecular weight is 282 g/mol. The van der Waals surface area contributed by atoms with E-state index in [4.69, 9.17) is 5.73 Å². The second kappa shape index (κ2) is 5.99. The van der Waals surface area contributed by atoms with Crippen molar-refractivity contribution >= 4 is 33.4 Å². The van der Waals surface area contributed by atoms with Gasteiger partial charge in [0.25, 0.3) is 0 Å². The van der Waals surface area contributed by atoms with Gasteiger partial charge in [-0.2, -0.15) is 0 Å². The summed E-state index contributed by atoms with van der Waals surface area (Å²) in [6, 6.07) is 4.40. The van der Waals surface area contributed by atoms with Crippen molar-refractivity contribution in [2.24, 2.45) is 0 Å². The van der Waals surface area contributed by atoms with Gasteiger partial charge < -0.3 is 15.6 Å². The molecule has 4 nitrogen and oxygen atoms in total. The largest absolute Gasteiger partial charge is 1.00 e. The van der Waals surface area contributed by atoms with Gasteiger partial charge in [0.1, 0.15) is 5.97 Å². The van der Waals surface area contributed by atoms with Gasteiger partial charge in [0.15, 0.2) is 0 Å². The molecule has 0 aliphatic carbocycles. The smallest absolute Gasteiger partial charge is 0.541 e. The molecule has 0 fully saturated rings. The van der Waals surface area contributed by atoms with Gasteiger partial charge in [-0.15, -0.1) is 0 Å². The van der Waals surface area contributed by atoms with E-state index in [9.17, 15) is 14.7 Å². The van der Waals surface area contributed by atoms with E-state index >= 15 is 0 Å². The molecule has 0 bridgehead atoms. The number of carbonyl (C=O) groups is 2. The third-order valence-electron chi connectivity index (χ3n) is 1.45. The van der Waals surface area contributed by atoms with E-state index in [0.717, 1.165) is 0 Å². The summed E-state index contributed by atoms with van der Waals surface area (Å²) in [6.07, 6.45) is 0. The summed E-state index contributed by atoms with van der Waals surface area (Å²) in [5.41, 5.74) is 5.46. The van der Waals surface area contributed by atoms with Crippen LogP contribution in [0, 0.1) is 0 Å². The fourth-order valence-electron chi connectivity index (χ4n) is 0.835. The van der Waals surface area contributed by atoms with Crippen molar-refractivity contribution in [2.75, 3.05) is 5.73 Å². The molecule has 0 saturated heterocycles. The normalized spacial score (nSPS) is 8.93. The van der Waals surface area contributed by atoms with Crippen LogP contribution in [0.2, 0.25) is 0 Å². The van der Waals surface area contributed by atoms with Crippen LogP contribution in [-0.2, 0) is 4.79 Å². The van der Waals surface area contributed by atoms with Gasteiger partial charge in [0.05, 0.1) is 0 Å². The predicted octanol–water partition coefficient (Wildman–Crippen LogP) is -3.03. The Labute approximate surface area is 131 Å². The Kier molecular flexibility index (Phi) is 6.11. The fraction of sp³-hybridized carbons (Fsp3) is 0. The molecule has 0 aliphatic heterocycles. The number of ketones is 1. The van der Waals surface area contributed by atoms with Crippen molar-refractivity contribution in [1.29, 1.82) is 0 Å². The van der Waals surface area contributed by atoms with Crippen molar-refractivity contribution in [3.05, 3.63) is 28.2 Å². The molecule has 0 amide bonds. The van der Waals surface area contributed by atoms with Gasteiger partial charge in [-0.25, -0.2) is 0 Å². The van der Waals surface area contributed by atoms with Crippen LogP contribution in [0.3, 0.4) is 0 Å². The molecule has 1 aromatic carbocycles. The standard InChI is InChI=1S/C8H6BrNO3.K/c9-4-1-2-6(10)5(3-4)7(11)8(12)13;/h1-3H,10H2,(H,12,13);/q;+1/p-1. The van der Waals surface area contributed by atoms with E-state index < -0.39 is 11.8 Å². The third-order valence-corrected chi connectivity index (χ3v) is 1.94. The van der Waals surface area contributed by atoms with Crippen molar-refractivity contribution < 1.29 is 66.1 Å². The first-order chi connectivity index (χ1) is 6.02. The number of nitrogens with two attached hydrogens (primary N) is 1. The number of carbonyl (C=O) groups excluding carboxylic acids is 2. The second-order valence-corrected chi connectivity index (χ2v) is 3.26. The Balaban J connectivity index is 0.00000169. The van der Waals surface area contributed by atoms with E-state index in [-0.39, 0.29) is 62.6 Å². The van der Waals surface area contributed by atoms with E-state index in [1.54, 1.807) is 6.07 Å². The van der Waals surface area contributed by atoms with Crippen LogP contribution in [0.1, 0.15) is 10.4 Å². The molecular weight excluding hydrogens is 277 g/mol. The minimum atomic E-state index is -1.76. The number of rotatable bonds is 2. The second-order valence-electron chi connectivity index (χ2n) is 2.35. The zero-order valence-corrected chi connectivity index (χ0v) is 12.1. The minimum Gasteiger partial charge on any atom is -0.541 e. The summed E-state index contributed by atoms with van der Waals surface area (Å²) < 4.78 is 0.589. The number of carboxylic acid groups (broad SMARTS) is 1. The van der Waals surface area contributed by atoms with E-state index in [0.29, 0.717) is 4.47 Å². The molecule has 0 unspecified atom stereocenters. The third kappa shape index (κ3) is 3.45. The fourth-order valence-corrected chi connectivity index (χ4v) is 1.20. The Hall–Kier alpha value is 0.276. The molecule has 1 rings (SSSR count). The van der Waals surface area contributed by atoms with Crippen LogP contribution >= 0.6 is 15.9 Å². The van der Waals surface area contributed by atoms with E-state index in [1.165, 1.54) is 12.1 Å². The number of halogens is 1. The number of nitrogen functional groups attached to an aromatic ring is 1. The first-order valence-electron chi connectivity index (χ1n) is 3.33. The quantitative estimate of drug-likeness (QED) is 0.271. The number of hydrogen-bond acceptors (Lipinski definition) is 4. The van der Waals surface area contributed by atoms with Crippen LogP contribution in [0.15, 0.2) is 22.7 Å². The molecule has 0 saturated carbocycles. The summed E-state index contributed by atoms with van der Waals surface area (Å²) in [6.45, 7) is 0. The Morgan fingerprint density at radius 3 is 2.43 bits per heavy atom. The van der Waals surface area contributed by atoms with Crippen LogP contribution < -0.4 is 62.2 Å². The Bertz CT molecular complexity index is 381. The minimum absolute atomic E-state index is 0. The first-order valence-corrected chi connectivity index (χ1v) is 4.12. The molecule has 0 radical (unpaired) electrons. The van der Waals surface area contributed by atoms with Gasteiger partial charge in [-0.3, -0.25) is 4.79 Å². The molecule has 68 valence electrons. The summed E-state index contributed by atoms with van der Waals surface area (Å²) in [5, 5.41) is 10.2. The molecule has 0 spiro atoms. The van der Waals surface area contributed by atoms with Crippen LogP contribution in [-0.4, -0.2) is 11.8 Å². The zero-order valence-electron chi connectivity index (χ0n) is 7.41. The van der Waals surface area contributed by atoms with Crippen molar-refractivity contribution in [3.8, 4) is 0 Å². The van der Waals surface area contributed by atoms with Crippen LogP contribution in [0.25, 0.3) is 0 Å². The molecule has 1 aromatic rings.